The van der Waals surface area contributed by atoms with Crippen molar-refractivity contribution in [2.45, 2.75) is 4.90 Å². The standard InChI is InChI=1S/C32H20IN3O2S/c1-35-28-18-23(17-27-29(37)25-15-20-9-5-6-10-21(20)16-26(25)30(27)38)36(22-11-13-24(39-33)14-12-22)32(28)34-31(35)19-7-3-2-4-8-19/h2-18H,1H3. The van der Waals surface area contributed by atoms with Gasteiger partial charge in [-0.25, -0.2) is 4.98 Å². The zero-order chi connectivity index (χ0) is 26.7. The molecule has 0 unspecified atom stereocenters. The predicted molar refractivity (Wildman–Crippen MR) is 166 cm³/mol. The van der Waals surface area contributed by atoms with Gasteiger partial charge in [-0.1, -0.05) is 63.5 Å². The van der Waals surface area contributed by atoms with Gasteiger partial charge in [0.2, 0.25) is 0 Å². The highest BCUT2D eigenvalue weighted by molar-refractivity contribution is 14.2. The van der Waals surface area contributed by atoms with Crippen LogP contribution in [0.25, 0.3) is 45.1 Å². The Balaban J connectivity index is 1.43. The minimum Gasteiger partial charge on any atom is -0.326 e. The van der Waals surface area contributed by atoms with Crippen molar-refractivity contribution < 1.29 is 9.59 Å². The molecule has 5 nitrogen and oxygen atoms in total. The molecule has 0 radical (unpaired) electrons. The largest absolute Gasteiger partial charge is 0.326 e. The van der Waals surface area contributed by atoms with Crippen LogP contribution in [0.3, 0.4) is 0 Å². The fourth-order valence-corrected chi connectivity index (χ4v) is 6.43. The van der Waals surface area contributed by atoms with Crippen molar-refractivity contribution >= 4 is 69.7 Å². The van der Waals surface area contributed by atoms with Gasteiger partial charge in [0.15, 0.2) is 17.2 Å². The molecule has 0 amide bonds. The molecule has 1 aliphatic carbocycles. The average Bonchev–Trinajstić information content (AvgIpc) is 3.57. The number of hydrogen-bond acceptors (Lipinski definition) is 4. The number of ketones is 2. The number of carbonyl (C=O) groups excluding carboxylic acids is 2. The van der Waals surface area contributed by atoms with Crippen LogP contribution < -0.4 is 0 Å². The highest BCUT2D eigenvalue weighted by Crippen LogP contribution is 2.35. The van der Waals surface area contributed by atoms with E-state index in [2.05, 4.69) is 37.9 Å². The Hall–Kier alpha value is -3.95. The van der Waals surface area contributed by atoms with Gasteiger partial charge in [-0.2, -0.15) is 0 Å². The summed E-state index contributed by atoms with van der Waals surface area (Å²) in [6.07, 6.45) is 1.72. The van der Waals surface area contributed by atoms with E-state index in [0.717, 1.165) is 49.6 Å². The number of Topliss-reactive ketones (excluding diaryl/α,β-unsaturated/α-hetero) is 2. The molecule has 0 spiro atoms. The number of rotatable bonds is 4. The van der Waals surface area contributed by atoms with Crippen molar-refractivity contribution in [2.24, 2.45) is 7.05 Å². The molecule has 0 aliphatic heterocycles. The minimum absolute atomic E-state index is 0.173. The van der Waals surface area contributed by atoms with Gasteiger partial charge < -0.3 is 4.57 Å². The number of benzene rings is 4. The number of hydrogen-bond donors (Lipinski definition) is 0. The molecule has 2 heterocycles. The molecule has 6 aromatic rings. The molecule has 0 bridgehead atoms. The van der Waals surface area contributed by atoms with Gasteiger partial charge in [0.05, 0.1) is 16.8 Å². The Morgan fingerprint density at radius 1 is 0.795 bits per heavy atom. The fraction of sp³-hybridized carbons (Fsp3) is 0.0312. The third-order valence-corrected chi connectivity index (χ3v) is 9.22. The van der Waals surface area contributed by atoms with Crippen LogP contribution >= 0.6 is 30.1 Å². The van der Waals surface area contributed by atoms with Crippen LogP contribution in [0.15, 0.2) is 108 Å². The van der Waals surface area contributed by atoms with Gasteiger partial charge in [0.25, 0.3) is 0 Å². The Bertz CT molecular complexity index is 1930. The van der Waals surface area contributed by atoms with Crippen molar-refractivity contribution in [3.8, 4) is 17.1 Å². The van der Waals surface area contributed by atoms with E-state index in [0.29, 0.717) is 11.1 Å². The summed E-state index contributed by atoms with van der Waals surface area (Å²) in [5, 5.41) is 1.89. The van der Waals surface area contributed by atoms with E-state index in [1.54, 1.807) is 15.0 Å². The van der Waals surface area contributed by atoms with Gasteiger partial charge in [-0.3, -0.25) is 14.2 Å². The van der Waals surface area contributed by atoms with E-state index < -0.39 is 0 Å². The first kappa shape index (κ1) is 24.1. The van der Waals surface area contributed by atoms with Crippen LogP contribution in [-0.2, 0) is 7.05 Å². The predicted octanol–water partition coefficient (Wildman–Crippen LogP) is 8.09. The van der Waals surface area contributed by atoms with E-state index in [4.69, 9.17) is 4.98 Å². The third kappa shape index (κ3) is 3.87. The number of nitrogens with zero attached hydrogens (tertiary/aromatic N) is 3. The number of aromatic nitrogens is 3. The molecule has 7 heteroatoms. The number of imidazole rings is 1. The number of aryl methyl sites for hydroxylation is 1. The second-order valence-electron chi connectivity index (χ2n) is 9.51. The lowest BCUT2D eigenvalue weighted by atomic mass is 10.0. The molecule has 7 rings (SSSR count). The Labute approximate surface area is 240 Å². The first-order valence-corrected chi connectivity index (χ1v) is 15.8. The highest BCUT2D eigenvalue weighted by Gasteiger charge is 2.34. The molecule has 188 valence electrons. The first-order chi connectivity index (χ1) is 19.0. The maximum absolute atomic E-state index is 13.5. The smallest absolute Gasteiger partial charge is 0.197 e. The number of allylic oxidation sites excluding steroid dienone is 1. The highest BCUT2D eigenvalue weighted by atomic mass is 127. The maximum Gasteiger partial charge on any atom is 0.197 e. The van der Waals surface area contributed by atoms with Gasteiger partial charge in [-0.15, -0.1) is 0 Å². The normalized spacial score (nSPS) is 13.0. The van der Waals surface area contributed by atoms with Crippen molar-refractivity contribution in [3.63, 3.8) is 0 Å². The lowest BCUT2D eigenvalue weighted by Crippen LogP contribution is -2.03. The molecule has 39 heavy (non-hydrogen) atoms. The van der Waals surface area contributed by atoms with Crippen LogP contribution in [0.5, 0.6) is 0 Å². The molecule has 0 saturated heterocycles. The van der Waals surface area contributed by atoms with Crippen molar-refractivity contribution in [1.82, 2.24) is 14.1 Å². The van der Waals surface area contributed by atoms with Crippen LogP contribution in [0.1, 0.15) is 26.4 Å². The summed E-state index contributed by atoms with van der Waals surface area (Å²) in [4.78, 5) is 33.2. The van der Waals surface area contributed by atoms with E-state index in [1.807, 2.05) is 96.5 Å². The summed E-state index contributed by atoms with van der Waals surface area (Å²) in [7, 11) is 3.63. The Morgan fingerprint density at radius 2 is 1.41 bits per heavy atom. The molecule has 0 atom stereocenters. The third-order valence-electron chi connectivity index (χ3n) is 7.25. The number of fused-ring (bicyclic) bond motifs is 3. The summed E-state index contributed by atoms with van der Waals surface area (Å²) in [6.45, 7) is 0. The van der Waals surface area contributed by atoms with Crippen molar-refractivity contribution in [3.05, 3.63) is 119 Å². The lowest BCUT2D eigenvalue weighted by Gasteiger charge is -2.09. The lowest BCUT2D eigenvalue weighted by molar-refractivity contribution is 0.0990. The molecule has 0 N–H and O–H groups in total. The number of carbonyl (C=O) groups is 2. The fourth-order valence-electron chi connectivity index (χ4n) is 5.31. The molecule has 0 saturated carbocycles. The summed E-state index contributed by atoms with van der Waals surface area (Å²) >= 11 is 2.27. The summed E-state index contributed by atoms with van der Waals surface area (Å²) in [6, 6.07) is 31.7. The average molecular weight is 638 g/mol. The van der Waals surface area contributed by atoms with Crippen molar-refractivity contribution in [2.75, 3.05) is 0 Å². The molecule has 4 aromatic carbocycles. The molecule has 1 aliphatic rings. The minimum atomic E-state index is -0.243. The SMILES string of the molecule is Cn1c(-c2ccccc2)nc2c1cc(C=C1C(=O)c3cc4ccccc4cc3C1=O)n2-c1ccc(SI)cc1. The van der Waals surface area contributed by atoms with Crippen LogP contribution in [0.2, 0.25) is 0 Å². The van der Waals surface area contributed by atoms with E-state index in [1.165, 1.54) is 0 Å². The Morgan fingerprint density at radius 3 is 2.03 bits per heavy atom. The Kier molecular flexibility index (Phi) is 5.79. The molecular weight excluding hydrogens is 617 g/mol. The van der Waals surface area contributed by atoms with Crippen molar-refractivity contribution in [1.29, 1.82) is 0 Å². The van der Waals surface area contributed by atoms with Gasteiger partial charge in [0, 0.05) is 55.5 Å². The van der Waals surface area contributed by atoms with E-state index in [-0.39, 0.29) is 17.1 Å². The molecule has 0 fully saturated rings. The van der Waals surface area contributed by atoms with Crippen LogP contribution in [0, 0.1) is 0 Å². The monoisotopic (exact) mass is 637 g/mol. The first-order valence-electron chi connectivity index (χ1n) is 12.4. The summed E-state index contributed by atoms with van der Waals surface area (Å²) in [5.74, 6) is 0.361. The van der Waals surface area contributed by atoms with Crippen LogP contribution in [-0.4, -0.2) is 25.7 Å². The maximum atomic E-state index is 13.5. The van der Waals surface area contributed by atoms with E-state index in [9.17, 15) is 9.59 Å². The number of halogens is 1. The molecule has 2 aromatic heterocycles. The zero-order valence-corrected chi connectivity index (χ0v) is 23.7. The summed E-state index contributed by atoms with van der Waals surface area (Å²) in [5.41, 5.74) is 5.42. The van der Waals surface area contributed by atoms with Crippen LogP contribution in [0.4, 0.5) is 0 Å². The summed E-state index contributed by atoms with van der Waals surface area (Å²) < 4.78 is 4.08. The van der Waals surface area contributed by atoms with Gasteiger partial charge in [0.1, 0.15) is 5.82 Å². The van der Waals surface area contributed by atoms with Gasteiger partial charge >= 0.3 is 0 Å². The second-order valence-corrected chi connectivity index (χ2v) is 11.5. The quantitative estimate of drug-likeness (QED) is 0.111. The van der Waals surface area contributed by atoms with Gasteiger partial charge in [-0.05, 0) is 59.3 Å². The van der Waals surface area contributed by atoms with E-state index >= 15 is 0 Å². The zero-order valence-electron chi connectivity index (χ0n) is 20.8. The topological polar surface area (TPSA) is 56.9 Å². The second kappa shape index (κ2) is 9.36. The molecular formula is C32H20IN3O2S.